The molecular formula is C47H49NO5S. The maximum Gasteiger partial charge on any atom is 0.202 e. The van der Waals surface area contributed by atoms with E-state index in [0.29, 0.717) is 34.3 Å². The summed E-state index contributed by atoms with van der Waals surface area (Å²) < 4.78 is 5.76. The van der Waals surface area contributed by atoms with Gasteiger partial charge in [0, 0.05) is 21.0 Å². The Hall–Kier alpha value is -5.01. The molecule has 0 spiro atoms. The molecule has 54 heavy (non-hydrogen) atoms. The Morgan fingerprint density at radius 3 is 1.98 bits per heavy atom. The summed E-state index contributed by atoms with van der Waals surface area (Å²) in [4.78, 5) is 29.6. The quantitative estimate of drug-likeness (QED) is 0.0614. The molecule has 0 aliphatic heterocycles. The molecule has 0 bridgehead atoms. The summed E-state index contributed by atoms with van der Waals surface area (Å²) >= 11 is 1.34. The molecule has 1 fully saturated rings. The van der Waals surface area contributed by atoms with E-state index in [1.165, 1.54) is 80.8 Å². The van der Waals surface area contributed by atoms with Gasteiger partial charge in [-0.2, -0.15) is 0 Å². The number of benzene rings is 5. The second-order valence-corrected chi connectivity index (χ2v) is 15.9. The molecule has 6 nitrogen and oxygen atoms in total. The fraction of sp³-hybridized carbons (Fsp3) is 0.319. The summed E-state index contributed by atoms with van der Waals surface area (Å²) in [6.07, 6.45) is 12.6. The molecule has 0 radical (unpaired) electrons. The molecule has 0 atom stereocenters. The fourth-order valence-electron chi connectivity index (χ4n) is 8.06. The number of hydrogen-bond donors (Lipinski definition) is 3. The topological polar surface area (TPSA) is 110 Å². The highest BCUT2D eigenvalue weighted by molar-refractivity contribution is 7.99. The maximum atomic E-state index is 14.2. The first-order valence-corrected chi connectivity index (χ1v) is 20.3. The van der Waals surface area contributed by atoms with Crippen LogP contribution in [-0.4, -0.2) is 28.4 Å². The Kier molecular flexibility index (Phi) is 11.4. The molecule has 7 rings (SSSR count). The highest BCUT2D eigenvalue weighted by atomic mass is 32.2. The number of anilines is 1. The van der Waals surface area contributed by atoms with Gasteiger partial charge in [-0.3, -0.25) is 9.59 Å². The van der Waals surface area contributed by atoms with Crippen LogP contribution in [0.3, 0.4) is 0 Å². The third kappa shape index (κ3) is 7.65. The lowest BCUT2D eigenvalue weighted by Crippen LogP contribution is -2.24. The second-order valence-electron chi connectivity index (χ2n) is 14.8. The lowest BCUT2D eigenvalue weighted by Gasteiger charge is -2.29. The Bertz CT molecular complexity index is 2130. The maximum absolute atomic E-state index is 14.2. The normalized spacial score (nSPS) is 16.6. The van der Waals surface area contributed by atoms with Crippen molar-refractivity contribution in [3.63, 3.8) is 0 Å². The van der Waals surface area contributed by atoms with Crippen molar-refractivity contribution in [2.75, 3.05) is 12.3 Å². The summed E-state index contributed by atoms with van der Waals surface area (Å²) in [6.45, 7) is 4.97. The van der Waals surface area contributed by atoms with Crippen LogP contribution in [-0.2, 0) is 0 Å². The van der Waals surface area contributed by atoms with Crippen LogP contribution in [0.2, 0.25) is 0 Å². The molecule has 278 valence electrons. The summed E-state index contributed by atoms with van der Waals surface area (Å²) in [7, 11) is 0. The van der Waals surface area contributed by atoms with Crippen LogP contribution in [0.15, 0.2) is 101 Å². The van der Waals surface area contributed by atoms with Crippen LogP contribution in [0.25, 0.3) is 22.3 Å². The number of fused-ring (bicyclic) bond motifs is 2. The summed E-state index contributed by atoms with van der Waals surface area (Å²) in [5.41, 5.74) is 10.9. The number of nitrogens with two attached hydrogens (primary N) is 1. The number of phenols is 2. The predicted octanol–water partition coefficient (Wildman–Crippen LogP) is 12.0. The zero-order chi connectivity index (χ0) is 37.8. The highest BCUT2D eigenvalue weighted by Crippen LogP contribution is 2.47. The van der Waals surface area contributed by atoms with Crippen molar-refractivity contribution in [3.05, 3.63) is 119 Å². The van der Waals surface area contributed by atoms with E-state index < -0.39 is 11.6 Å². The number of hydrogen-bond acceptors (Lipinski definition) is 7. The van der Waals surface area contributed by atoms with Crippen molar-refractivity contribution in [2.24, 2.45) is 5.92 Å². The van der Waals surface area contributed by atoms with E-state index in [1.807, 2.05) is 12.1 Å². The van der Waals surface area contributed by atoms with Gasteiger partial charge in [0.25, 0.3) is 0 Å². The van der Waals surface area contributed by atoms with E-state index in [2.05, 4.69) is 50.2 Å². The first-order chi connectivity index (χ1) is 26.3. The molecule has 0 saturated heterocycles. The van der Waals surface area contributed by atoms with E-state index in [1.54, 1.807) is 30.3 Å². The van der Waals surface area contributed by atoms with Crippen molar-refractivity contribution in [1.82, 2.24) is 0 Å². The smallest absolute Gasteiger partial charge is 0.202 e. The van der Waals surface area contributed by atoms with Gasteiger partial charge in [-0.05, 0) is 109 Å². The predicted molar refractivity (Wildman–Crippen MR) is 218 cm³/mol. The SMILES string of the molecule is CCCCCC1CCC(c2ccc(-c3ccc(Sc4ccc(O)c5c4C(=O)c4c(N)cc(-c6ccc(OCCCC)cc6)c(O)c4C5=O)cc3)cc2)CC1. The average Bonchev–Trinajstić information content (AvgIpc) is 3.19. The van der Waals surface area contributed by atoms with Gasteiger partial charge in [0.2, 0.25) is 5.78 Å². The first-order valence-electron chi connectivity index (χ1n) is 19.5. The molecule has 2 aliphatic carbocycles. The van der Waals surface area contributed by atoms with Gasteiger partial charge < -0.3 is 20.7 Å². The van der Waals surface area contributed by atoms with Crippen LogP contribution in [0, 0.1) is 5.92 Å². The van der Waals surface area contributed by atoms with E-state index in [0.717, 1.165) is 34.8 Å². The minimum absolute atomic E-state index is 0.0560. The number of rotatable bonds is 13. The van der Waals surface area contributed by atoms with Gasteiger partial charge in [0.15, 0.2) is 5.78 Å². The number of nitrogen functional groups attached to an aromatic ring is 1. The Labute approximate surface area is 322 Å². The Morgan fingerprint density at radius 2 is 1.31 bits per heavy atom. The van der Waals surface area contributed by atoms with Crippen molar-refractivity contribution in [3.8, 4) is 39.5 Å². The number of ether oxygens (including phenoxy) is 1. The van der Waals surface area contributed by atoms with Crippen molar-refractivity contribution >= 4 is 29.0 Å². The van der Waals surface area contributed by atoms with E-state index in [-0.39, 0.29) is 39.4 Å². The molecule has 5 aromatic carbocycles. The van der Waals surface area contributed by atoms with Gasteiger partial charge >= 0.3 is 0 Å². The van der Waals surface area contributed by atoms with Crippen LogP contribution >= 0.6 is 11.8 Å². The van der Waals surface area contributed by atoms with Gasteiger partial charge in [0.05, 0.1) is 28.9 Å². The highest BCUT2D eigenvalue weighted by Gasteiger charge is 2.39. The third-order valence-electron chi connectivity index (χ3n) is 11.2. The van der Waals surface area contributed by atoms with Crippen molar-refractivity contribution < 1.29 is 24.5 Å². The molecule has 1 saturated carbocycles. The van der Waals surface area contributed by atoms with Crippen LogP contribution in [0.4, 0.5) is 5.69 Å². The molecular weight excluding hydrogens is 691 g/mol. The summed E-state index contributed by atoms with van der Waals surface area (Å²) in [6, 6.07) is 28.9. The zero-order valence-electron chi connectivity index (χ0n) is 31.2. The van der Waals surface area contributed by atoms with Crippen LogP contribution in [0.1, 0.15) is 121 Å². The second kappa shape index (κ2) is 16.6. The van der Waals surface area contributed by atoms with Gasteiger partial charge in [-0.15, -0.1) is 0 Å². The lowest BCUT2D eigenvalue weighted by molar-refractivity contribution is 0.0972. The van der Waals surface area contributed by atoms with Gasteiger partial charge in [-0.25, -0.2) is 0 Å². The molecule has 0 aromatic heterocycles. The number of ketones is 2. The Morgan fingerprint density at radius 1 is 0.685 bits per heavy atom. The van der Waals surface area contributed by atoms with Crippen LogP contribution in [0.5, 0.6) is 17.2 Å². The minimum atomic E-state index is -0.649. The molecule has 2 aliphatic rings. The van der Waals surface area contributed by atoms with Crippen molar-refractivity contribution in [1.29, 1.82) is 0 Å². The standard InChI is InChI=1S/C47H49NO5S/c1-3-5-7-8-29-9-11-30(12-10-29)31-13-15-32(16-14-31)33-19-23-36(24-20-33)54-40-26-25-39(49)42-43(40)46(51)41-38(48)28-37(45(50)44(41)47(42)52)34-17-21-35(22-18-34)53-27-6-4-2/h13-26,28-30,49-50H,3-12,27,48H2,1-2H3. The van der Waals surface area contributed by atoms with E-state index >= 15 is 0 Å². The lowest BCUT2D eigenvalue weighted by atomic mass is 9.77. The number of carbonyl (C=O) groups excluding carboxylic acids is 2. The summed E-state index contributed by atoms with van der Waals surface area (Å²) in [5, 5.41) is 22.4. The summed E-state index contributed by atoms with van der Waals surface area (Å²) in [5.74, 6) is 0.393. The van der Waals surface area contributed by atoms with E-state index in [4.69, 9.17) is 10.5 Å². The number of carbonyl (C=O) groups is 2. The molecule has 4 N–H and O–H groups in total. The van der Waals surface area contributed by atoms with E-state index in [9.17, 15) is 19.8 Å². The average molecular weight is 740 g/mol. The molecule has 0 heterocycles. The molecule has 0 unspecified atom stereocenters. The number of aromatic hydroxyl groups is 2. The van der Waals surface area contributed by atoms with Gasteiger partial charge in [0.1, 0.15) is 17.2 Å². The molecule has 5 aromatic rings. The minimum Gasteiger partial charge on any atom is -0.507 e. The zero-order valence-corrected chi connectivity index (χ0v) is 32.0. The molecule has 7 heteroatoms. The first kappa shape index (κ1) is 37.3. The van der Waals surface area contributed by atoms with Gasteiger partial charge in [-0.1, -0.05) is 106 Å². The number of unbranched alkanes of at least 4 members (excludes halogenated alkanes) is 3. The fourth-order valence-corrected chi connectivity index (χ4v) is 9.02. The largest absolute Gasteiger partial charge is 0.507 e. The van der Waals surface area contributed by atoms with Crippen LogP contribution < -0.4 is 10.5 Å². The molecule has 0 amide bonds. The number of phenolic OH excluding ortho intramolecular Hbond substituents is 2. The Balaban J connectivity index is 1.08. The third-order valence-corrected chi connectivity index (χ3v) is 12.2. The monoisotopic (exact) mass is 739 g/mol. The van der Waals surface area contributed by atoms with Crippen molar-refractivity contribution in [2.45, 2.75) is 93.8 Å².